The molecule has 0 saturated carbocycles. The Bertz CT molecular complexity index is 717. The van der Waals surface area contributed by atoms with Crippen molar-refractivity contribution in [3.63, 3.8) is 0 Å². The lowest BCUT2D eigenvalue weighted by Gasteiger charge is -2.30. The van der Waals surface area contributed by atoms with Crippen LogP contribution in [0.1, 0.15) is 0 Å². The number of benzene rings is 1. The molecule has 8 nitrogen and oxygen atoms in total. The first-order valence-electron chi connectivity index (χ1n) is 7.55. The molecular formula is C16H17N5O3. The molecule has 0 radical (unpaired) electrons. The van der Waals surface area contributed by atoms with Crippen LogP contribution < -0.4 is 15.5 Å². The monoisotopic (exact) mass is 327 g/mol. The van der Waals surface area contributed by atoms with Gasteiger partial charge in [-0.1, -0.05) is 12.1 Å². The summed E-state index contributed by atoms with van der Waals surface area (Å²) in [6.45, 7) is 2.73. The number of morpholine rings is 1. The Morgan fingerprint density at radius 3 is 2.38 bits per heavy atom. The summed E-state index contributed by atoms with van der Waals surface area (Å²) in [5.74, 6) is -1.51. The van der Waals surface area contributed by atoms with Gasteiger partial charge in [0, 0.05) is 25.5 Å². The van der Waals surface area contributed by atoms with Crippen LogP contribution in [0.5, 0.6) is 0 Å². The maximum atomic E-state index is 12.1. The molecule has 2 heterocycles. The first-order valence-corrected chi connectivity index (χ1v) is 7.55. The SMILES string of the molecule is O=C(Nc1ncccn1)C(=O)Nc1ccccc1N1CCOCC1. The summed E-state index contributed by atoms with van der Waals surface area (Å²) in [7, 11) is 0. The standard InChI is InChI=1S/C16H17N5O3/c22-14(15(23)20-16-17-6-3-7-18-16)19-12-4-1-2-5-13(12)21-8-10-24-11-9-21/h1-7H,8-11H2,(H,19,22)(H,17,18,20,23). The van der Waals surface area contributed by atoms with Crippen LogP contribution in [0, 0.1) is 0 Å². The van der Waals surface area contributed by atoms with Crippen molar-refractivity contribution in [3.05, 3.63) is 42.7 Å². The number of nitrogens with one attached hydrogen (secondary N) is 2. The number of carbonyl (C=O) groups excluding carboxylic acids is 2. The third kappa shape index (κ3) is 3.85. The molecule has 0 bridgehead atoms. The molecule has 1 aliphatic heterocycles. The summed E-state index contributed by atoms with van der Waals surface area (Å²) in [5, 5.41) is 4.99. The lowest BCUT2D eigenvalue weighted by atomic mass is 10.2. The molecule has 8 heteroatoms. The van der Waals surface area contributed by atoms with Gasteiger partial charge in [-0.25, -0.2) is 9.97 Å². The van der Waals surface area contributed by atoms with Crippen LogP contribution in [-0.4, -0.2) is 48.1 Å². The fourth-order valence-corrected chi connectivity index (χ4v) is 2.36. The number of nitrogens with zero attached hydrogens (tertiary/aromatic N) is 3. The molecule has 1 fully saturated rings. The second-order valence-corrected chi connectivity index (χ2v) is 5.10. The Balaban J connectivity index is 1.69. The maximum Gasteiger partial charge on any atom is 0.316 e. The minimum atomic E-state index is -0.821. The quantitative estimate of drug-likeness (QED) is 0.813. The smallest absolute Gasteiger partial charge is 0.316 e. The van der Waals surface area contributed by atoms with Gasteiger partial charge in [0.05, 0.1) is 24.6 Å². The van der Waals surface area contributed by atoms with Gasteiger partial charge in [0.15, 0.2) is 0 Å². The van der Waals surface area contributed by atoms with E-state index in [4.69, 9.17) is 4.74 Å². The van der Waals surface area contributed by atoms with Crippen LogP contribution in [-0.2, 0) is 14.3 Å². The summed E-state index contributed by atoms with van der Waals surface area (Å²) in [6, 6.07) is 8.97. The highest BCUT2D eigenvalue weighted by atomic mass is 16.5. The van der Waals surface area contributed by atoms with Crippen molar-refractivity contribution in [1.82, 2.24) is 9.97 Å². The topological polar surface area (TPSA) is 96.5 Å². The molecule has 1 aromatic carbocycles. The van der Waals surface area contributed by atoms with Crippen molar-refractivity contribution in [2.24, 2.45) is 0 Å². The first-order chi connectivity index (χ1) is 11.7. The van der Waals surface area contributed by atoms with E-state index in [0.29, 0.717) is 18.9 Å². The molecule has 0 unspecified atom stereocenters. The predicted octanol–water partition coefficient (Wildman–Crippen LogP) is 0.890. The minimum absolute atomic E-state index is 0.0825. The summed E-state index contributed by atoms with van der Waals surface area (Å²) < 4.78 is 5.34. The van der Waals surface area contributed by atoms with E-state index < -0.39 is 11.8 Å². The van der Waals surface area contributed by atoms with Gasteiger partial charge < -0.3 is 15.0 Å². The van der Waals surface area contributed by atoms with Gasteiger partial charge in [-0.3, -0.25) is 14.9 Å². The van der Waals surface area contributed by atoms with Crippen molar-refractivity contribution in [2.75, 3.05) is 41.8 Å². The van der Waals surface area contributed by atoms with E-state index in [1.54, 1.807) is 18.2 Å². The summed E-state index contributed by atoms with van der Waals surface area (Å²) in [4.78, 5) is 33.9. The molecule has 2 amide bonds. The van der Waals surface area contributed by atoms with Crippen molar-refractivity contribution in [1.29, 1.82) is 0 Å². The Kier molecular flexibility index (Phi) is 4.97. The van der Waals surface area contributed by atoms with Gasteiger partial charge in [0.2, 0.25) is 5.95 Å². The van der Waals surface area contributed by atoms with Crippen LogP contribution >= 0.6 is 0 Å². The lowest BCUT2D eigenvalue weighted by molar-refractivity contribution is -0.133. The van der Waals surface area contributed by atoms with E-state index in [9.17, 15) is 9.59 Å². The minimum Gasteiger partial charge on any atom is -0.378 e. The summed E-state index contributed by atoms with van der Waals surface area (Å²) in [5.41, 5.74) is 1.44. The maximum absolute atomic E-state index is 12.1. The number of amides is 2. The lowest BCUT2D eigenvalue weighted by Crippen LogP contribution is -2.37. The Morgan fingerprint density at radius 1 is 0.958 bits per heavy atom. The molecule has 1 aliphatic rings. The van der Waals surface area contributed by atoms with Gasteiger partial charge in [-0.05, 0) is 18.2 Å². The fraction of sp³-hybridized carbons (Fsp3) is 0.250. The first kappa shape index (κ1) is 15.9. The van der Waals surface area contributed by atoms with Gasteiger partial charge >= 0.3 is 11.8 Å². The van der Waals surface area contributed by atoms with E-state index in [1.807, 2.05) is 12.1 Å². The molecule has 24 heavy (non-hydrogen) atoms. The van der Waals surface area contributed by atoms with E-state index in [0.717, 1.165) is 18.8 Å². The van der Waals surface area contributed by atoms with Gasteiger partial charge in [-0.15, -0.1) is 0 Å². The number of ether oxygens (including phenoxy) is 1. The second kappa shape index (κ2) is 7.51. The van der Waals surface area contributed by atoms with Crippen LogP contribution in [0.25, 0.3) is 0 Å². The molecule has 3 rings (SSSR count). The second-order valence-electron chi connectivity index (χ2n) is 5.10. The average Bonchev–Trinajstić information content (AvgIpc) is 2.63. The van der Waals surface area contributed by atoms with Crippen molar-refractivity contribution >= 4 is 29.1 Å². The summed E-state index contributed by atoms with van der Waals surface area (Å²) >= 11 is 0. The van der Waals surface area contributed by atoms with Gasteiger partial charge in [-0.2, -0.15) is 0 Å². The molecule has 1 aromatic heterocycles. The Morgan fingerprint density at radius 2 is 1.62 bits per heavy atom. The van der Waals surface area contributed by atoms with Gasteiger partial charge in [0.25, 0.3) is 0 Å². The molecule has 0 aliphatic carbocycles. The number of para-hydroxylation sites is 2. The summed E-state index contributed by atoms with van der Waals surface area (Å²) in [6.07, 6.45) is 2.96. The largest absolute Gasteiger partial charge is 0.378 e. The number of anilines is 3. The average molecular weight is 327 g/mol. The van der Waals surface area contributed by atoms with E-state index in [1.165, 1.54) is 12.4 Å². The van der Waals surface area contributed by atoms with Crippen LogP contribution in [0.15, 0.2) is 42.7 Å². The number of hydrogen-bond donors (Lipinski definition) is 2. The fourth-order valence-electron chi connectivity index (χ4n) is 2.36. The molecule has 2 aromatic rings. The highest BCUT2D eigenvalue weighted by Gasteiger charge is 2.19. The van der Waals surface area contributed by atoms with Gasteiger partial charge in [0.1, 0.15) is 0 Å². The number of rotatable bonds is 3. The van der Waals surface area contributed by atoms with Crippen LogP contribution in [0.4, 0.5) is 17.3 Å². The zero-order valence-corrected chi connectivity index (χ0v) is 12.9. The molecular weight excluding hydrogens is 310 g/mol. The Hall–Kier alpha value is -3.00. The van der Waals surface area contributed by atoms with Crippen molar-refractivity contribution < 1.29 is 14.3 Å². The Labute approximate surface area is 138 Å². The number of aromatic nitrogens is 2. The molecule has 2 N–H and O–H groups in total. The zero-order chi connectivity index (χ0) is 16.8. The van der Waals surface area contributed by atoms with E-state index >= 15 is 0 Å². The molecule has 0 atom stereocenters. The third-order valence-electron chi connectivity index (χ3n) is 3.50. The highest BCUT2D eigenvalue weighted by Crippen LogP contribution is 2.26. The molecule has 1 saturated heterocycles. The molecule has 124 valence electrons. The highest BCUT2D eigenvalue weighted by molar-refractivity contribution is 6.43. The van der Waals surface area contributed by atoms with E-state index in [-0.39, 0.29) is 5.95 Å². The van der Waals surface area contributed by atoms with Crippen molar-refractivity contribution in [2.45, 2.75) is 0 Å². The normalized spacial score (nSPS) is 14.1. The van der Waals surface area contributed by atoms with Crippen LogP contribution in [0.2, 0.25) is 0 Å². The van der Waals surface area contributed by atoms with Crippen molar-refractivity contribution in [3.8, 4) is 0 Å². The molecule has 0 spiro atoms. The van der Waals surface area contributed by atoms with Crippen LogP contribution in [0.3, 0.4) is 0 Å². The predicted molar refractivity (Wildman–Crippen MR) is 88.8 cm³/mol. The number of hydrogen-bond acceptors (Lipinski definition) is 6. The van der Waals surface area contributed by atoms with E-state index in [2.05, 4.69) is 25.5 Å². The zero-order valence-electron chi connectivity index (χ0n) is 12.9. The number of carbonyl (C=O) groups is 2. The third-order valence-corrected chi connectivity index (χ3v) is 3.50.